The molecule has 3 aliphatic rings. The van der Waals surface area contributed by atoms with Crippen molar-refractivity contribution in [3.8, 4) is 5.75 Å². The highest BCUT2D eigenvalue weighted by Crippen LogP contribution is 2.31. The number of hydrogen-bond donors (Lipinski definition) is 2. The maximum atomic E-state index is 13.4. The van der Waals surface area contributed by atoms with E-state index < -0.39 is 5.54 Å². The first-order chi connectivity index (χ1) is 19.0. The van der Waals surface area contributed by atoms with Crippen molar-refractivity contribution in [2.24, 2.45) is 0 Å². The molecule has 3 fully saturated rings. The van der Waals surface area contributed by atoms with E-state index in [9.17, 15) is 14.4 Å². The van der Waals surface area contributed by atoms with Gasteiger partial charge in [-0.15, -0.1) is 0 Å². The normalized spacial score (nSPS) is 20.2. The van der Waals surface area contributed by atoms with Gasteiger partial charge in [-0.05, 0) is 68.2 Å². The van der Waals surface area contributed by atoms with E-state index in [2.05, 4.69) is 15.5 Å². The van der Waals surface area contributed by atoms with Gasteiger partial charge in [0.15, 0.2) is 0 Å². The SMILES string of the molecule is COc1ccc(CN2C(=O)NC3(CCN(CCC(NC(=O)OC4CCCC4)c4ccccc4)CC3)C2=O)cc1. The van der Waals surface area contributed by atoms with E-state index >= 15 is 0 Å². The number of benzene rings is 2. The van der Waals surface area contributed by atoms with Gasteiger partial charge in [0.25, 0.3) is 5.91 Å². The van der Waals surface area contributed by atoms with E-state index in [1.807, 2.05) is 54.6 Å². The van der Waals surface area contributed by atoms with Crippen LogP contribution in [0.2, 0.25) is 0 Å². The van der Waals surface area contributed by atoms with Gasteiger partial charge in [-0.3, -0.25) is 9.69 Å². The number of nitrogens with one attached hydrogen (secondary N) is 2. The molecule has 2 heterocycles. The van der Waals surface area contributed by atoms with Crippen molar-refractivity contribution in [3.63, 3.8) is 0 Å². The first-order valence-electron chi connectivity index (χ1n) is 14.0. The fourth-order valence-electron chi connectivity index (χ4n) is 5.88. The molecular weight excluding hydrogens is 496 g/mol. The maximum Gasteiger partial charge on any atom is 0.407 e. The quantitative estimate of drug-likeness (QED) is 0.463. The van der Waals surface area contributed by atoms with Crippen LogP contribution in [0.1, 0.15) is 62.1 Å². The molecule has 4 amide bonds. The van der Waals surface area contributed by atoms with E-state index in [1.165, 1.54) is 4.90 Å². The van der Waals surface area contributed by atoms with Crippen LogP contribution >= 0.6 is 0 Å². The maximum absolute atomic E-state index is 13.4. The molecule has 1 saturated carbocycles. The van der Waals surface area contributed by atoms with Gasteiger partial charge in [-0.2, -0.15) is 0 Å². The van der Waals surface area contributed by atoms with Crippen molar-refractivity contribution < 1.29 is 23.9 Å². The van der Waals surface area contributed by atoms with E-state index in [0.29, 0.717) is 25.9 Å². The van der Waals surface area contributed by atoms with Gasteiger partial charge < -0.3 is 25.0 Å². The molecule has 1 unspecified atom stereocenters. The van der Waals surface area contributed by atoms with Crippen molar-refractivity contribution in [2.75, 3.05) is 26.7 Å². The first kappa shape index (κ1) is 27.0. The smallest absolute Gasteiger partial charge is 0.407 e. The summed E-state index contributed by atoms with van der Waals surface area (Å²) in [5.74, 6) is 0.580. The molecule has 39 heavy (non-hydrogen) atoms. The Kier molecular flexibility index (Phi) is 8.35. The number of amides is 4. The summed E-state index contributed by atoms with van der Waals surface area (Å²) in [4.78, 5) is 42.4. The van der Waals surface area contributed by atoms with Crippen LogP contribution in [0.5, 0.6) is 5.75 Å². The molecular formula is C30H38N4O5. The van der Waals surface area contributed by atoms with E-state index in [1.54, 1.807) is 7.11 Å². The number of nitrogens with zero attached hydrogens (tertiary/aromatic N) is 2. The zero-order valence-corrected chi connectivity index (χ0v) is 22.6. The summed E-state index contributed by atoms with van der Waals surface area (Å²) in [6, 6.07) is 16.9. The number of urea groups is 1. The third kappa shape index (κ3) is 6.36. The number of alkyl carbamates (subject to hydrolysis) is 1. The summed E-state index contributed by atoms with van der Waals surface area (Å²) in [5.41, 5.74) is 1.07. The Labute approximate surface area is 229 Å². The minimum absolute atomic E-state index is 0.0168. The fourth-order valence-corrected chi connectivity index (χ4v) is 5.88. The molecule has 2 aromatic rings. The van der Waals surface area contributed by atoms with E-state index in [-0.39, 0.29) is 36.7 Å². The zero-order chi connectivity index (χ0) is 27.2. The lowest BCUT2D eigenvalue weighted by Crippen LogP contribution is -2.55. The lowest BCUT2D eigenvalue weighted by atomic mass is 9.87. The van der Waals surface area contributed by atoms with Crippen molar-refractivity contribution >= 4 is 18.0 Å². The second-order valence-corrected chi connectivity index (χ2v) is 10.8. The Morgan fingerprint density at radius 3 is 2.41 bits per heavy atom. The highest BCUT2D eigenvalue weighted by molar-refractivity contribution is 6.07. The molecule has 9 heteroatoms. The molecule has 208 valence electrons. The molecule has 0 bridgehead atoms. The molecule has 9 nitrogen and oxygen atoms in total. The van der Waals surface area contributed by atoms with Gasteiger partial charge in [0.05, 0.1) is 19.7 Å². The Morgan fingerprint density at radius 1 is 1.05 bits per heavy atom. The highest BCUT2D eigenvalue weighted by atomic mass is 16.6. The number of carbonyl (C=O) groups is 3. The number of likely N-dealkylation sites (tertiary alicyclic amines) is 1. The van der Waals surface area contributed by atoms with Crippen LogP contribution in [0.15, 0.2) is 54.6 Å². The van der Waals surface area contributed by atoms with Gasteiger partial charge in [-0.25, -0.2) is 9.59 Å². The first-order valence-corrected chi connectivity index (χ1v) is 14.0. The van der Waals surface area contributed by atoms with E-state index in [0.717, 1.165) is 55.5 Å². The Hall–Kier alpha value is -3.59. The summed E-state index contributed by atoms with van der Waals surface area (Å²) < 4.78 is 10.8. The monoisotopic (exact) mass is 534 g/mol. The topological polar surface area (TPSA) is 100 Å². The van der Waals surface area contributed by atoms with Crippen LogP contribution in [0.25, 0.3) is 0 Å². The van der Waals surface area contributed by atoms with Gasteiger partial charge in [0.1, 0.15) is 17.4 Å². The summed E-state index contributed by atoms with van der Waals surface area (Å²) in [5, 5.41) is 6.08. The van der Waals surface area contributed by atoms with Crippen molar-refractivity contribution in [3.05, 3.63) is 65.7 Å². The molecule has 2 aromatic carbocycles. The summed E-state index contributed by atoms with van der Waals surface area (Å²) >= 11 is 0. The van der Waals surface area contributed by atoms with Gasteiger partial charge in [0.2, 0.25) is 0 Å². The number of rotatable bonds is 9. The molecule has 1 aliphatic carbocycles. The van der Waals surface area contributed by atoms with Crippen molar-refractivity contribution in [1.29, 1.82) is 0 Å². The number of imide groups is 1. The summed E-state index contributed by atoms with van der Waals surface area (Å²) in [6.45, 7) is 2.38. The molecule has 0 aromatic heterocycles. The Balaban J connectivity index is 1.15. The number of ether oxygens (including phenoxy) is 2. The molecule has 1 atom stereocenters. The number of methoxy groups -OCH3 is 1. The molecule has 2 N–H and O–H groups in total. The van der Waals surface area contributed by atoms with Crippen molar-refractivity contribution in [2.45, 2.75) is 69.2 Å². The fraction of sp³-hybridized carbons (Fsp3) is 0.500. The third-order valence-corrected chi connectivity index (χ3v) is 8.26. The average Bonchev–Trinajstić information content (AvgIpc) is 3.55. The zero-order valence-electron chi connectivity index (χ0n) is 22.6. The largest absolute Gasteiger partial charge is 0.497 e. The summed E-state index contributed by atoms with van der Waals surface area (Å²) in [6.07, 6.45) is 5.59. The minimum atomic E-state index is -0.845. The van der Waals surface area contributed by atoms with Gasteiger partial charge in [-0.1, -0.05) is 42.5 Å². The second-order valence-electron chi connectivity index (χ2n) is 10.8. The molecule has 2 saturated heterocycles. The van der Waals surface area contributed by atoms with Gasteiger partial charge in [0, 0.05) is 19.6 Å². The van der Waals surface area contributed by atoms with Crippen molar-refractivity contribution in [1.82, 2.24) is 20.4 Å². The Bertz CT molecular complexity index is 1140. The Morgan fingerprint density at radius 2 is 1.74 bits per heavy atom. The van der Waals surface area contributed by atoms with Gasteiger partial charge >= 0.3 is 12.1 Å². The highest BCUT2D eigenvalue weighted by Gasteiger charge is 2.52. The lowest BCUT2D eigenvalue weighted by Gasteiger charge is -2.37. The predicted octanol–water partition coefficient (Wildman–Crippen LogP) is 4.38. The average molecular weight is 535 g/mol. The predicted molar refractivity (Wildman–Crippen MR) is 146 cm³/mol. The number of carbonyl (C=O) groups excluding carboxylic acids is 3. The standard InChI is InChI=1S/C30H38N4O5/c1-38-24-13-11-22(12-14-24)21-34-27(35)30(32-28(34)36)16-19-33(20-17-30)18-15-26(23-7-3-2-4-8-23)31-29(37)39-25-9-5-6-10-25/h2-4,7-8,11-14,25-26H,5-6,9-10,15-21H2,1H3,(H,31,37)(H,32,36). The molecule has 1 spiro atoms. The van der Waals surface area contributed by atoms with Crippen LogP contribution in [0.4, 0.5) is 9.59 Å². The summed E-state index contributed by atoms with van der Waals surface area (Å²) in [7, 11) is 1.60. The van der Waals surface area contributed by atoms with Crippen LogP contribution < -0.4 is 15.4 Å². The molecule has 2 aliphatic heterocycles. The van der Waals surface area contributed by atoms with Crippen LogP contribution in [-0.4, -0.2) is 66.2 Å². The van der Waals surface area contributed by atoms with Crippen LogP contribution in [0.3, 0.4) is 0 Å². The third-order valence-electron chi connectivity index (χ3n) is 8.26. The number of piperidine rings is 1. The van der Waals surface area contributed by atoms with Crippen LogP contribution in [-0.2, 0) is 16.1 Å². The second kappa shape index (κ2) is 12.1. The molecule has 5 rings (SSSR count). The molecule has 0 radical (unpaired) electrons. The lowest BCUT2D eigenvalue weighted by molar-refractivity contribution is -0.133. The number of hydrogen-bond acceptors (Lipinski definition) is 6. The van der Waals surface area contributed by atoms with Crippen LogP contribution in [0, 0.1) is 0 Å². The minimum Gasteiger partial charge on any atom is -0.497 e. The van der Waals surface area contributed by atoms with E-state index in [4.69, 9.17) is 9.47 Å².